The smallest absolute Gasteiger partial charge is 0.0521 e. The highest BCUT2D eigenvalue weighted by Gasteiger charge is 2.31. The first-order valence-corrected chi connectivity index (χ1v) is 6.00. The van der Waals surface area contributed by atoms with Crippen LogP contribution in [-0.2, 0) is 5.41 Å². The third-order valence-electron chi connectivity index (χ3n) is 3.43. The van der Waals surface area contributed by atoms with Crippen LogP contribution in [0.3, 0.4) is 0 Å². The molecule has 1 heterocycles. The number of nitrogens with two attached hydrogens (primary N) is 1. The number of nitrogens with zero attached hydrogens (tertiary/aromatic N) is 1. The Labute approximate surface area is 103 Å². The van der Waals surface area contributed by atoms with Gasteiger partial charge in [-0.25, -0.2) is 0 Å². The Bertz CT molecular complexity index is 405. The van der Waals surface area contributed by atoms with Gasteiger partial charge in [-0.2, -0.15) is 0 Å². The summed E-state index contributed by atoms with van der Waals surface area (Å²) in [6, 6.07) is 16.4. The average molecular weight is 226 g/mol. The second-order valence-electron chi connectivity index (χ2n) is 4.22. The molecule has 0 bridgehead atoms. The number of benzene rings is 1. The van der Waals surface area contributed by atoms with Crippen molar-refractivity contribution in [3.8, 4) is 0 Å². The van der Waals surface area contributed by atoms with Crippen LogP contribution in [0.5, 0.6) is 0 Å². The van der Waals surface area contributed by atoms with Crippen molar-refractivity contribution >= 4 is 0 Å². The van der Waals surface area contributed by atoms with Crippen LogP contribution in [0.15, 0.2) is 54.7 Å². The summed E-state index contributed by atoms with van der Waals surface area (Å²) in [5.74, 6) is 0. The van der Waals surface area contributed by atoms with Crippen molar-refractivity contribution in [1.29, 1.82) is 0 Å². The van der Waals surface area contributed by atoms with Crippen LogP contribution in [0.2, 0.25) is 0 Å². The van der Waals surface area contributed by atoms with Gasteiger partial charge in [0.25, 0.3) is 0 Å². The number of rotatable bonds is 4. The lowest BCUT2D eigenvalue weighted by Gasteiger charge is -2.31. The molecule has 0 fully saturated rings. The lowest BCUT2D eigenvalue weighted by Crippen LogP contribution is -2.36. The van der Waals surface area contributed by atoms with Crippen LogP contribution >= 0.6 is 0 Å². The Hall–Kier alpha value is -1.67. The summed E-state index contributed by atoms with van der Waals surface area (Å²) in [6.45, 7) is 2.74. The van der Waals surface area contributed by atoms with Crippen molar-refractivity contribution < 1.29 is 0 Å². The molecule has 0 aliphatic heterocycles. The van der Waals surface area contributed by atoms with E-state index in [0.29, 0.717) is 6.54 Å². The van der Waals surface area contributed by atoms with E-state index in [0.717, 1.165) is 12.1 Å². The van der Waals surface area contributed by atoms with Gasteiger partial charge >= 0.3 is 0 Å². The summed E-state index contributed by atoms with van der Waals surface area (Å²) in [4.78, 5) is 4.49. The standard InChI is InChI=1S/C15H18N2/c1-2-15(12-16,13-8-4-3-5-9-13)14-10-6-7-11-17-14/h3-11H,2,12,16H2,1H3/t15-/m1/s1. The van der Waals surface area contributed by atoms with Gasteiger partial charge in [0, 0.05) is 18.2 Å². The summed E-state index contributed by atoms with van der Waals surface area (Å²) in [7, 11) is 0. The van der Waals surface area contributed by atoms with Gasteiger partial charge in [0.15, 0.2) is 0 Å². The van der Waals surface area contributed by atoms with Crippen molar-refractivity contribution in [1.82, 2.24) is 4.98 Å². The molecule has 88 valence electrons. The minimum atomic E-state index is -0.164. The Kier molecular flexibility index (Phi) is 3.55. The SMILES string of the molecule is CC[C@@](CN)(c1ccccc1)c1ccccn1. The molecule has 17 heavy (non-hydrogen) atoms. The lowest BCUT2D eigenvalue weighted by molar-refractivity contribution is 0.492. The fraction of sp³-hybridized carbons (Fsp3) is 0.267. The van der Waals surface area contributed by atoms with E-state index >= 15 is 0 Å². The van der Waals surface area contributed by atoms with Crippen LogP contribution in [0.4, 0.5) is 0 Å². The highest BCUT2D eigenvalue weighted by molar-refractivity contribution is 5.36. The fourth-order valence-electron chi connectivity index (χ4n) is 2.30. The van der Waals surface area contributed by atoms with E-state index < -0.39 is 0 Å². The number of pyridine rings is 1. The highest BCUT2D eigenvalue weighted by atomic mass is 14.7. The molecule has 2 nitrogen and oxygen atoms in total. The van der Waals surface area contributed by atoms with Gasteiger partial charge in [0.2, 0.25) is 0 Å². The molecule has 0 amide bonds. The maximum atomic E-state index is 6.04. The van der Waals surface area contributed by atoms with Crippen molar-refractivity contribution in [2.24, 2.45) is 5.73 Å². The van der Waals surface area contributed by atoms with Crippen LogP contribution in [0.1, 0.15) is 24.6 Å². The minimum absolute atomic E-state index is 0.164. The van der Waals surface area contributed by atoms with E-state index in [1.807, 2.05) is 24.4 Å². The fourth-order valence-corrected chi connectivity index (χ4v) is 2.30. The van der Waals surface area contributed by atoms with E-state index in [2.05, 4.69) is 42.2 Å². The molecule has 0 radical (unpaired) electrons. The zero-order valence-electron chi connectivity index (χ0n) is 10.1. The first kappa shape index (κ1) is 11.8. The maximum Gasteiger partial charge on any atom is 0.0521 e. The van der Waals surface area contributed by atoms with Gasteiger partial charge in [0.1, 0.15) is 0 Å². The molecule has 1 aromatic carbocycles. The molecular weight excluding hydrogens is 208 g/mol. The van der Waals surface area contributed by atoms with Crippen molar-refractivity contribution in [3.05, 3.63) is 66.0 Å². The summed E-state index contributed by atoms with van der Waals surface area (Å²) < 4.78 is 0. The molecule has 2 heteroatoms. The molecule has 0 spiro atoms. The molecule has 1 atom stereocenters. The van der Waals surface area contributed by atoms with Crippen LogP contribution < -0.4 is 5.73 Å². The van der Waals surface area contributed by atoms with Gasteiger partial charge in [0.05, 0.1) is 5.69 Å². The zero-order valence-corrected chi connectivity index (χ0v) is 10.1. The summed E-state index contributed by atoms with van der Waals surface area (Å²) >= 11 is 0. The molecule has 1 aromatic heterocycles. The van der Waals surface area contributed by atoms with Crippen molar-refractivity contribution in [3.63, 3.8) is 0 Å². The quantitative estimate of drug-likeness (QED) is 0.870. The van der Waals surface area contributed by atoms with Crippen LogP contribution in [-0.4, -0.2) is 11.5 Å². The largest absolute Gasteiger partial charge is 0.329 e. The molecule has 0 aliphatic carbocycles. The topological polar surface area (TPSA) is 38.9 Å². The lowest BCUT2D eigenvalue weighted by atomic mass is 9.75. The predicted molar refractivity (Wildman–Crippen MR) is 70.8 cm³/mol. The first-order chi connectivity index (χ1) is 8.33. The molecule has 0 aliphatic rings. The summed E-state index contributed by atoms with van der Waals surface area (Å²) in [6.07, 6.45) is 2.78. The monoisotopic (exact) mass is 226 g/mol. The van der Waals surface area contributed by atoms with Gasteiger partial charge in [-0.3, -0.25) is 4.98 Å². The van der Waals surface area contributed by atoms with Gasteiger partial charge in [-0.05, 0) is 24.1 Å². The molecule has 0 saturated carbocycles. The highest BCUT2D eigenvalue weighted by Crippen LogP contribution is 2.33. The Morgan fingerprint density at radius 1 is 1.06 bits per heavy atom. The third-order valence-corrected chi connectivity index (χ3v) is 3.43. The first-order valence-electron chi connectivity index (χ1n) is 6.00. The summed E-state index contributed by atoms with van der Waals surface area (Å²) in [5.41, 5.74) is 8.17. The summed E-state index contributed by atoms with van der Waals surface area (Å²) in [5, 5.41) is 0. The van der Waals surface area contributed by atoms with Crippen molar-refractivity contribution in [2.75, 3.05) is 6.54 Å². The molecule has 2 rings (SSSR count). The normalized spacial score (nSPS) is 14.2. The number of hydrogen-bond donors (Lipinski definition) is 1. The Morgan fingerprint density at radius 3 is 2.29 bits per heavy atom. The Morgan fingerprint density at radius 2 is 1.76 bits per heavy atom. The van der Waals surface area contributed by atoms with Gasteiger partial charge in [-0.1, -0.05) is 43.3 Å². The number of aromatic nitrogens is 1. The maximum absolute atomic E-state index is 6.04. The molecule has 2 N–H and O–H groups in total. The van der Waals surface area contributed by atoms with Crippen molar-refractivity contribution in [2.45, 2.75) is 18.8 Å². The van der Waals surface area contributed by atoms with E-state index in [-0.39, 0.29) is 5.41 Å². The van der Waals surface area contributed by atoms with E-state index in [1.54, 1.807) is 0 Å². The average Bonchev–Trinajstić information content (AvgIpc) is 2.43. The molecule has 2 aromatic rings. The molecular formula is C15H18N2. The van der Waals surface area contributed by atoms with Crippen LogP contribution in [0, 0.1) is 0 Å². The third kappa shape index (κ3) is 2.08. The second-order valence-corrected chi connectivity index (χ2v) is 4.22. The van der Waals surface area contributed by atoms with Gasteiger partial charge in [-0.15, -0.1) is 0 Å². The van der Waals surface area contributed by atoms with Crippen LogP contribution in [0.25, 0.3) is 0 Å². The van der Waals surface area contributed by atoms with E-state index in [1.165, 1.54) is 5.56 Å². The Balaban J connectivity index is 2.54. The second kappa shape index (κ2) is 5.11. The molecule has 0 saturated heterocycles. The molecule has 0 unspecified atom stereocenters. The van der Waals surface area contributed by atoms with E-state index in [9.17, 15) is 0 Å². The minimum Gasteiger partial charge on any atom is -0.329 e. The zero-order chi connectivity index (χ0) is 12.1. The van der Waals surface area contributed by atoms with Gasteiger partial charge < -0.3 is 5.73 Å². The number of hydrogen-bond acceptors (Lipinski definition) is 2. The van der Waals surface area contributed by atoms with E-state index in [4.69, 9.17) is 5.73 Å². The predicted octanol–water partition coefficient (Wildman–Crippen LogP) is 2.74.